The van der Waals surface area contributed by atoms with Gasteiger partial charge in [0.25, 0.3) is 0 Å². The lowest BCUT2D eigenvalue weighted by Gasteiger charge is -2.28. The fourth-order valence-electron chi connectivity index (χ4n) is 8.35. The third kappa shape index (κ3) is 5.52. The lowest BCUT2D eigenvalue weighted by Crippen LogP contribution is -2.11. The molecule has 0 unspecified atom stereocenters. The molecule has 1 aromatic heterocycles. The van der Waals surface area contributed by atoms with E-state index in [2.05, 4.69) is 216 Å². The maximum Gasteiger partial charge on any atom is 0.0547 e. The molecular formula is C52H38N2. The predicted octanol–water partition coefficient (Wildman–Crippen LogP) is 14.5. The van der Waals surface area contributed by atoms with Gasteiger partial charge >= 0.3 is 0 Å². The molecule has 1 aliphatic carbocycles. The number of hydrogen-bond acceptors (Lipinski definition) is 1. The van der Waals surface area contributed by atoms with Crippen LogP contribution in [0.1, 0.15) is 18.4 Å². The van der Waals surface area contributed by atoms with Gasteiger partial charge in [-0.05, 0) is 106 Å². The van der Waals surface area contributed by atoms with Crippen LogP contribution in [0.4, 0.5) is 17.1 Å². The van der Waals surface area contributed by atoms with Crippen molar-refractivity contribution in [2.45, 2.75) is 12.8 Å². The van der Waals surface area contributed by atoms with Gasteiger partial charge in [-0.25, -0.2) is 0 Å². The number of nitrogens with zero attached hydrogens (tertiary/aromatic N) is 2. The van der Waals surface area contributed by atoms with Gasteiger partial charge in [0.1, 0.15) is 0 Å². The highest BCUT2D eigenvalue weighted by Gasteiger charge is 2.19. The summed E-state index contributed by atoms with van der Waals surface area (Å²) >= 11 is 0. The van der Waals surface area contributed by atoms with Crippen LogP contribution >= 0.6 is 0 Å². The Labute approximate surface area is 316 Å². The number of aromatic nitrogens is 1. The van der Waals surface area contributed by atoms with Crippen molar-refractivity contribution in [2.24, 2.45) is 0 Å². The highest BCUT2D eigenvalue weighted by atomic mass is 15.1. The number of hydrogen-bond donors (Lipinski definition) is 0. The van der Waals surface area contributed by atoms with E-state index in [-0.39, 0.29) is 0 Å². The summed E-state index contributed by atoms with van der Waals surface area (Å²) in [6, 6.07) is 68.5. The average molecular weight is 691 g/mol. The van der Waals surface area contributed by atoms with Gasteiger partial charge in [0.05, 0.1) is 16.7 Å². The molecule has 0 radical (unpaired) electrons. The molecule has 256 valence electrons. The van der Waals surface area contributed by atoms with Gasteiger partial charge < -0.3 is 9.47 Å². The van der Waals surface area contributed by atoms with E-state index in [9.17, 15) is 0 Å². The topological polar surface area (TPSA) is 8.17 Å². The molecule has 54 heavy (non-hydrogen) atoms. The van der Waals surface area contributed by atoms with Gasteiger partial charge in [-0.15, -0.1) is 0 Å². The lowest BCUT2D eigenvalue weighted by molar-refractivity contribution is 1.05. The monoisotopic (exact) mass is 690 g/mol. The molecule has 2 heteroatoms. The maximum atomic E-state index is 2.40. The normalized spacial score (nSPS) is 12.7. The van der Waals surface area contributed by atoms with Crippen molar-refractivity contribution < 1.29 is 0 Å². The fraction of sp³-hybridized carbons (Fsp3) is 0.0385. The summed E-state index contributed by atoms with van der Waals surface area (Å²) in [7, 11) is 0. The van der Waals surface area contributed by atoms with Crippen LogP contribution in [-0.4, -0.2) is 4.57 Å². The number of para-hydroxylation sites is 3. The number of benzene rings is 8. The van der Waals surface area contributed by atoms with Gasteiger partial charge in [-0.2, -0.15) is 0 Å². The van der Waals surface area contributed by atoms with E-state index in [4.69, 9.17) is 0 Å². The molecule has 9 aromatic rings. The summed E-state index contributed by atoms with van der Waals surface area (Å²) in [5.74, 6) is 0. The van der Waals surface area contributed by atoms with Crippen molar-refractivity contribution in [3.63, 3.8) is 0 Å². The van der Waals surface area contributed by atoms with Crippen molar-refractivity contribution in [3.8, 4) is 27.9 Å². The predicted molar refractivity (Wildman–Crippen MR) is 230 cm³/mol. The quantitative estimate of drug-likeness (QED) is 0.162. The van der Waals surface area contributed by atoms with Gasteiger partial charge in [0, 0.05) is 33.4 Å². The van der Waals surface area contributed by atoms with E-state index in [1.807, 2.05) is 0 Å². The molecule has 2 nitrogen and oxygen atoms in total. The van der Waals surface area contributed by atoms with E-state index >= 15 is 0 Å². The molecule has 8 aromatic carbocycles. The van der Waals surface area contributed by atoms with Crippen molar-refractivity contribution in [1.82, 2.24) is 4.57 Å². The second-order valence-electron chi connectivity index (χ2n) is 14.0. The molecule has 0 saturated carbocycles. The zero-order chi connectivity index (χ0) is 35.8. The number of anilines is 3. The number of rotatable bonds is 7. The van der Waals surface area contributed by atoms with E-state index in [0.29, 0.717) is 0 Å². The summed E-state index contributed by atoms with van der Waals surface area (Å²) < 4.78 is 2.39. The van der Waals surface area contributed by atoms with Gasteiger partial charge in [-0.3, -0.25) is 0 Å². The molecule has 0 atom stereocenters. The molecule has 0 fully saturated rings. The van der Waals surface area contributed by atoms with Gasteiger partial charge in [-0.1, -0.05) is 152 Å². The molecule has 0 saturated heterocycles. The maximum absolute atomic E-state index is 2.40. The molecule has 0 aliphatic heterocycles. The Morgan fingerprint density at radius 2 is 1.06 bits per heavy atom. The Morgan fingerprint density at radius 1 is 0.426 bits per heavy atom. The summed E-state index contributed by atoms with van der Waals surface area (Å²) in [5, 5.41) is 5.08. The van der Waals surface area contributed by atoms with Crippen LogP contribution < -0.4 is 4.90 Å². The number of fused-ring (bicyclic) bond motifs is 5. The molecule has 0 amide bonds. The summed E-state index contributed by atoms with van der Waals surface area (Å²) in [4.78, 5) is 2.40. The molecule has 0 N–H and O–H groups in total. The Balaban J connectivity index is 1.10. The molecule has 0 bridgehead atoms. The first-order valence-corrected chi connectivity index (χ1v) is 18.8. The summed E-state index contributed by atoms with van der Waals surface area (Å²) in [6.45, 7) is 0. The molecular weight excluding hydrogens is 653 g/mol. The minimum Gasteiger partial charge on any atom is -0.310 e. The van der Waals surface area contributed by atoms with Crippen LogP contribution in [0, 0.1) is 0 Å². The first-order valence-electron chi connectivity index (χ1n) is 18.8. The minimum atomic E-state index is 1.08. The second-order valence-corrected chi connectivity index (χ2v) is 14.0. The second kappa shape index (κ2) is 13.6. The van der Waals surface area contributed by atoms with Gasteiger partial charge in [0.15, 0.2) is 0 Å². The van der Waals surface area contributed by atoms with E-state index < -0.39 is 0 Å². The van der Waals surface area contributed by atoms with Crippen LogP contribution in [0.3, 0.4) is 0 Å². The molecule has 1 aliphatic rings. The van der Waals surface area contributed by atoms with Crippen molar-refractivity contribution in [1.29, 1.82) is 0 Å². The largest absolute Gasteiger partial charge is 0.310 e. The van der Waals surface area contributed by atoms with Crippen LogP contribution in [0.5, 0.6) is 0 Å². The fourth-order valence-corrected chi connectivity index (χ4v) is 8.35. The van der Waals surface area contributed by atoms with E-state index in [1.165, 1.54) is 71.7 Å². The first-order chi connectivity index (χ1) is 26.8. The minimum absolute atomic E-state index is 1.08. The van der Waals surface area contributed by atoms with E-state index in [1.54, 1.807) is 0 Å². The average Bonchev–Trinajstić information content (AvgIpc) is 3.60. The SMILES string of the molecule is C1=CCCC(c2ccc(N(c3ccc(-c4cccc5c4ccc4c5c5ccccc5n4-c4ccccc4)cc3)c3ccccc3-c3ccccc3)cc2)=C1. The molecule has 0 spiro atoms. The standard InChI is InChI=1S/C52H38N2/c1-4-15-37(16-5-1)38-27-31-42(32-28-38)53(49-25-12-10-21-45(49)39-17-6-2-7-18-39)43-33-29-40(30-34-43)44-23-14-24-47-46(44)35-36-51-52(47)48-22-11-13-26-50(48)54(51)41-19-8-3-9-20-41/h1-4,6-15,17-36H,5,16H2. The lowest BCUT2D eigenvalue weighted by atomic mass is 9.95. The third-order valence-electron chi connectivity index (χ3n) is 10.9. The molecule has 10 rings (SSSR count). The Bertz CT molecular complexity index is 2840. The Hall–Kier alpha value is -6.90. The Morgan fingerprint density at radius 3 is 1.81 bits per heavy atom. The zero-order valence-electron chi connectivity index (χ0n) is 29.9. The van der Waals surface area contributed by atoms with Gasteiger partial charge in [0.2, 0.25) is 0 Å². The van der Waals surface area contributed by atoms with Crippen LogP contribution in [0.15, 0.2) is 206 Å². The number of allylic oxidation sites excluding steroid dienone is 4. The summed E-state index contributed by atoms with van der Waals surface area (Å²) in [5.41, 5.74) is 14.5. The van der Waals surface area contributed by atoms with Crippen LogP contribution in [0.25, 0.3) is 66.1 Å². The van der Waals surface area contributed by atoms with Crippen molar-refractivity contribution >= 4 is 55.2 Å². The van der Waals surface area contributed by atoms with Crippen molar-refractivity contribution in [2.75, 3.05) is 4.90 Å². The van der Waals surface area contributed by atoms with E-state index in [0.717, 1.165) is 29.9 Å². The highest BCUT2D eigenvalue weighted by Crippen LogP contribution is 2.43. The zero-order valence-corrected chi connectivity index (χ0v) is 29.9. The van der Waals surface area contributed by atoms with Crippen LogP contribution in [-0.2, 0) is 0 Å². The molecule has 1 heterocycles. The third-order valence-corrected chi connectivity index (χ3v) is 10.9. The Kier molecular flexibility index (Phi) is 8.00. The highest BCUT2D eigenvalue weighted by molar-refractivity contribution is 6.23. The first kappa shape index (κ1) is 31.8. The van der Waals surface area contributed by atoms with Crippen molar-refractivity contribution in [3.05, 3.63) is 212 Å². The van der Waals surface area contributed by atoms with Crippen LogP contribution in [0.2, 0.25) is 0 Å². The smallest absolute Gasteiger partial charge is 0.0547 e. The summed E-state index contributed by atoms with van der Waals surface area (Å²) in [6.07, 6.45) is 8.84.